The second kappa shape index (κ2) is 52.3. The molecule has 5 aromatic heterocycles. The number of Topliss-reactive ketones (excluding diaryl/α,β-unsaturated/α-hetero) is 3. The molecule has 0 atom stereocenters. The molecule has 1 amide bonds. The van der Waals surface area contributed by atoms with Gasteiger partial charge in [0.2, 0.25) is 0 Å². The molecule has 1 fully saturated rings. The number of nitrogen functional groups attached to an aromatic ring is 2. The average Bonchev–Trinajstić information content (AvgIpc) is 1.05. The Morgan fingerprint density at radius 3 is 1.46 bits per heavy atom. The summed E-state index contributed by atoms with van der Waals surface area (Å²) < 4.78 is 69.1. The fourth-order valence-electron chi connectivity index (χ4n) is 7.56. The second-order valence-corrected chi connectivity index (χ2v) is 30.4. The van der Waals surface area contributed by atoms with Crippen LogP contribution in [0, 0.1) is 0 Å². The number of nitrogens with one attached hydrogen (secondary N) is 3. The van der Waals surface area contributed by atoms with Gasteiger partial charge in [-0.2, -0.15) is 19.9 Å². The van der Waals surface area contributed by atoms with Gasteiger partial charge in [-0.15, -0.1) is 0 Å². The van der Waals surface area contributed by atoms with E-state index in [4.69, 9.17) is 140 Å². The molecule has 596 valence electrons. The molecule has 32 nitrogen and oxygen atoms in total. The number of aromatic nitrogens is 5. The van der Waals surface area contributed by atoms with Crippen LogP contribution in [0.3, 0.4) is 0 Å². The third-order valence-electron chi connectivity index (χ3n) is 12.7. The van der Waals surface area contributed by atoms with Gasteiger partial charge in [-0.05, 0) is 158 Å². The minimum atomic E-state index is -3.22. The number of phenols is 1. The maximum absolute atomic E-state index is 12.5. The van der Waals surface area contributed by atoms with Crippen LogP contribution in [0.15, 0.2) is 102 Å². The van der Waals surface area contributed by atoms with Gasteiger partial charge < -0.3 is 98.3 Å². The number of pyridine rings is 1. The zero-order chi connectivity index (χ0) is 81.0. The van der Waals surface area contributed by atoms with E-state index in [-0.39, 0.29) is 130 Å². The summed E-state index contributed by atoms with van der Waals surface area (Å²) in [5, 5.41) is 21.6. The van der Waals surface area contributed by atoms with Gasteiger partial charge in [0.25, 0.3) is 28.0 Å². The summed E-state index contributed by atoms with van der Waals surface area (Å²) in [6.07, 6.45) is 6.97. The molecule has 1 saturated carbocycles. The number of benzene rings is 4. The van der Waals surface area contributed by atoms with Crippen LogP contribution < -0.4 is 60.6 Å². The molecule has 0 saturated heterocycles. The van der Waals surface area contributed by atoms with E-state index in [0.29, 0.717) is 107 Å². The van der Waals surface area contributed by atoms with E-state index in [1.165, 1.54) is 51.3 Å². The van der Waals surface area contributed by atoms with E-state index >= 15 is 0 Å². The molecule has 5 heterocycles. The first-order chi connectivity index (χ1) is 51.0. The number of anilines is 4. The van der Waals surface area contributed by atoms with E-state index < -0.39 is 23.0 Å². The number of aromatic amines is 1. The number of carbonyl (C=O) groups is 6. The molecule has 1 aliphatic carbocycles. The zero-order valence-corrected chi connectivity index (χ0v) is 69.5. The molecule has 10 N–H and O–H groups in total. The van der Waals surface area contributed by atoms with E-state index in [1.807, 2.05) is 0 Å². The number of methoxy groups -OCH3 is 4. The van der Waals surface area contributed by atoms with Gasteiger partial charge in [-0.3, -0.25) is 28.5 Å². The average molecular weight is 1820 g/mol. The molecule has 0 aliphatic heterocycles. The van der Waals surface area contributed by atoms with Crippen molar-refractivity contribution in [3.05, 3.63) is 160 Å². The van der Waals surface area contributed by atoms with Crippen molar-refractivity contribution in [1.29, 1.82) is 0 Å². The summed E-state index contributed by atoms with van der Waals surface area (Å²) in [4.78, 5) is 97.6. The van der Waals surface area contributed by atoms with Crippen LogP contribution >= 0.6 is 136 Å². The molecule has 10 rings (SSSR count). The number of ether oxygens (including phenoxy) is 8. The van der Waals surface area contributed by atoms with Crippen molar-refractivity contribution >= 4 is 205 Å². The zero-order valence-electron chi connectivity index (χ0n) is 59.4. The first kappa shape index (κ1) is 101. The summed E-state index contributed by atoms with van der Waals surface area (Å²) in [5.74, 6) is -1.71. The van der Waals surface area contributed by atoms with Crippen LogP contribution in [0.5, 0.6) is 23.0 Å². The Balaban J connectivity index is 0.000000663. The largest absolute Gasteiger partial charge is 1.00 e. The van der Waals surface area contributed by atoms with Crippen LogP contribution in [0.4, 0.5) is 23.1 Å². The number of aromatic carboxylic acids is 1. The van der Waals surface area contributed by atoms with Crippen LogP contribution in [0.2, 0.25) is 36.1 Å². The summed E-state index contributed by atoms with van der Waals surface area (Å²) in [5.41, 5.74) is 14.0. The number of oxazole rings is 4. The molecule has 0 unspecified atom stereocenters. The van der Waals surface area contributed by atoms with E-state index in [2.05, 4.69) is 104 Å². The van der Waals surface area contributed by atoms with E-state index in [0.717, 1.165) is 43.6 Å². The van der Waals surface area contributed by atoms with E-state index in [1.54, 1.807) is 65.7 Å². The number of rotatable bonds is 25. The van der Waals surface area contributed by atoms with Gasteiger partial charge in [0.15, 0.2) is 39.9 Å². The van der Waals surface area contributed by atoms with Crippen molar-refractivity contribution in [3.8, 4) is 34.4 Å². The summed E-state index contributed by atoms with van der Waals surface area (Å²) in [6.45, 7) is 9.30. The fourth-order valence-corrected chi connectivity index (χ4v) is 9.21. The van der Waals surface area contributed by atoms with Gasteiger partial charge >= 0.3 is 36.0 Å². The summed E-state index contributed by atoms with van der Waals surface area (Å²) in [7, 11) is 6.40. The number of hydrogen-bond acceptors (Lipinski definition) is 29. The number of esters is 1. The molecule has 9 aromatic rings. The number of aromatic hydroxyl groups is 1. The number of carboxylic acid groups (broad SMARTS) is 1. The normalized spacial score (nSPS) is 10.8. The van der Waals surface area contributed by atoms with Gasteiger partial charge in [0, 0.05) is 68.0 Å². The molecule has 110 heavy (non-hydrogen) atoms. The Kier molecular flexibility index (Phi) is 48.0. The first-order valence-corrected chi connectivity index (χ1v) is 38.7. The smallest absolute Gasteiger partial charge is 0.870 e. The monoisotopic (exact) mass is 1810 g/mol. The third kappa shape index (κ3) is 35.8. The maximum Gasteiger partial charge on any atom is 1.00 e. The van der Waals surface area contributed by atoms with Crippen molar-refractivity contribution in [2.24, 2.45) is 0 Å². The standard InChI is InChI=1S/C18H18ClN3O4.C15H14Cl2N2O5.C11H14ClNO3.C8H8ClNO2.C6H6ClNO3.C4H2ClNO3.C3H7BrO.Cl3OP.Li.H2O/c1-24-6-7-25-15-5-4-11-14(23)8-12(21-17(11)16(15)19)13-9-26-18(22-13)20-10-2-3-10;1-8(20)9-3-4-11(23-6-5-22-2)12(16)13(9)19-14(21)10-7-24-15(17)18-10;1-7(14)8-3-4-9(10(12)11(8)13)16-6-5-15-2;1-4(11)5-2-3-6(12)7(9)8(5)10;1-2-10-5(9)4-3-11-6(7)8-4;5-4-6-2(1-9-4)3(7)8;1-5-3-2-4;1-5(2,3)4;;/h4-5,8-10H,2-3,6-7H2,1H3,(H,20,22)(H,21,23);3-4,7H,5-6H2,1-2H3,(H,19,21);3-4H,5-6,13H2,1-2H3;2-3,12H,10H2,1H3;3H,2H2,1H3;1H,(H,7,8);2-3H2,1H3;;;1H2/q;;;;;;;;+1;/p-1. The van der Waals surface area contributed by atoms with Gasteiger partial charge in [0.1, 0.15) is 93.7 Å². The maximum atomic E-state index is 12.5. The molecule has 45 heteroatoms. The molecule has 0 spiro atoms. The van der Waals surface area contributed by atoms with Crippen molar-refractivity contribution < 1.29 is 123 Å². The molecule has 0 radical (unpaired) electrons. The Morgan fingerprint density at radius 1 is 0.609 bits per heavy atom. The number of amides is 1. The first-order valence-electron chi connectivity index (χ1n) is 30.5. The SMILES string of the molecule is CC(=O)c1ccc(O)c(Cl)c1N.CCOC(=O)c1coc(Cl)n1.COCCBr.COCCOc1ccc(C(C)=O)c(N)c1Cl.COCCOc1ccc(C(C)=O)c(NC(=O)c2coc(Cl)n2)c1Cl.COCCOc1ccc2c(=O)cc(-c3coc(NC4CC4)n3)[nH]c2c1Cl.O=C(O)c1coc(Cl)n1.O=P(Cl)(Cl)Cl.[Li+].[OH-]. The van der Waals surface area contributed by atoms with Gasteiger partial charge in [0.05, 0.1) is 61.3 Å². The number of H-pyrrole nitrogens is 1. The van der Waals surface area contributed by atoms with Crippen molar-refractivity contribution in [3.63, 3.8) is 0 Å². The molecule has 4 aromatic carbocycles. The quantitative estimate of drug-likeness (QED) is 0.00531. The van der Waals surface area contributed by atoms with Crippen molar-refractivity contribution in [1.82, 2.24) is 24.9 Å². The molecule has 0 bridgehead atoms. The Hall–Kier alpha value is -7.04. The number of hydrogen-bond donors (Lipinski definition) is 7. The Labute approximate surface area is 697 Å². The number of carbonyl (C=O) groups excluding carboxylic acids is 5. The fraction of sp³-hybridized carbons (Fsp3) is 0.308. The van der Waals surface area contributed by atoms with Crippen LogP contribution in [-0.4, -0.2) is 168 Å². The molecular formula is C65H70BrCl10LiN9O23P. The van der Waals surface area contributed by atoms with Gasteiger partial charge in [-0.25, -0.2) is 9.59 Å². The number of nitrogens with zero attached hydrogens (tertiary/aromatic N) is 4. The Bertz CT molecular complexity index is 4560. The van der Waals surface area contributed by atoms with Gasteiger partial charge in [-0.1, -0.05) is 62.3 Å². The van der Waals surface area contributed by atoms with Crippen molar-refractivity contribution in [2.45, 2.75) is 46.6 Å². The number of alkyl halides is 1. The Morgan fingerprint density at radius 2 is 1.05 bits per heavy atom. The predicted octanol–water partition coefficient (Wildman–Crippen LogP) is 14.1. The van der Waals surface area contributed by atoms with Crippen molar-refractivity contribution in [2.75, 3.05) is 109 Å². The van der Waals surface area contributed by atoms with Crippen LogP contribution in [0.1, 0.15) is 103 Å². The van der Waals surface area contributed by atoms with Crippen LogP contribution in [0.25, 0.3) is 22.3 Å². The number of carboxylic acids is 1. The van der Waals surface area contributed by atoms with E-state index in [9.17, 15) is 38.1 Å². The predicted molar refractivity (Wildman–Crippen MR) is 417 cm³/mol. The number of phenolic OH excluding ortho intramolecular Hbond substituents is 1. The molecular weight excluding hydrogens is 1750 g/mol. The topological polar surface area (TPSA) is 477 Å². The minimum absolute atomic E-state index is 0. The second-order valence-electron chi connectivity index (χ2n) is 20.5. The summed E-state index contributed by atoms with van der Waals surface area (Å²) >= 11 is 57.4. The molecule has 1 aliphatic rings. The van der Waals surface area contributed by atoms with Crippen LogP contribution in [-0.2, 0) is 28.2 Å². The number of halogens is 11. The third-order valence-corrected chi connectivity index (χ3v) is 15.0. The number of fused-ring (bicyclic) bond motifs is 1. The summed E-state index contributed by atoms with van der Waals surface area (Å²) in [6, 6.07) is 14.8. The minimum Gasteiger partial charge on any atom is -0.870 e. The number of ketones is 3. The number of nitrogens with two attached hydrogens (primary N) is 2.